The molecule has 1 heterocycles. The fourth-order valence-electron chi connectivity index (χ4n) is 3.78. The van der Waals surface area contributed by atoms with E-state index in [0.29, 0.717) is 12.3 Å². The monoisotopic (exact) mass is 396 g/mol. The standard InChI is InChI=1S/C16H23F3N2O4S/c17-16(18,19)10-5-11(6-10)20-15(23)12-7-26(24,25)8-13(12)21-14(22)4-9-2-1-3-9/h9-13H,1-8H2,(H,20,23)(H,21,22)/t10?,11?,12-,13-/m1/s1. The highest BCUT2D eigenvalue weighted by Crippen LogP contribution is 2.41. The second kappa shape index (κ2) is 7.01. The average Bonchev–Trinajstić information content (AvgIpc) is 2.71. The molecule has 2 atom stereocenters. The summed E-state index contributed by atoms with van der Waals surface area (Å²) in [7, 11) is -3.47. The summed E-state index contributed by atoms with van der Waals surface area (Å²) in [4.78, 5) is 24.4. The molecule has 148 valence electrons. The number of carbonyl (C=O) groups is 2. The van der Waals surface area contributed by atoms with Gasteiger partial charge in [-0.25, -0.2) is 8.42 Å². The molecule has 6 nitrogen and oxygen atoms in total. The topological polar surface area (TPSA) is 92.3 Å². The van der Waals surface area contributed by atoms with Crippen LogP contribution in [0.1, 0.15) is 38.5 Å². The summed E-state index contributed by atoms with van der Waals surface area (Å²) < 4.78 is 61.4. The number of amides is 2. The number of halogens is 3. The van der Waals surface area contributed by atoms with Crippen LogP contribution in [0, 0.1) is 17.8 Å². The van der Waals surface area contributed by atoms with Crippen molar-refractivity contribution in [3.8, 4) is 0 Å². The van der Waals surface area contributed by atoms with Gasteiger partial charge in [0.2, 0.25) is 11.8 Å². The second-order valence-electron chi connectivity index (χ2n) is 7.77. The average molecular weight is 396 g/mol. The van der Waals surface area contributed by atoms with E-state index in [9.17, 15) is 31.2 Å². The van der Waals surface area contributed by atoms with E-state index in [1.165, 1.54) is 0 Å². The van der Waals surface area contributed by atoms with Crippen molar-refractivity contribution in [2.45, 2.75) is 56.8 Å². The lowest BCUT2D eigenvalue weighted by molar-refractivity contribution is -0.199. The predicted octanol–water partition coefficient (Wildman–Crippen LogP) is 1.16. The highest BCUT2D eigenvalue weighted by molar-refractivity contribution is 7.91. The van der Waals surface area contributed by atoms with Gasteiger partial charge in [0.15, 0.2) is 9.84 Å². The van der Waals surface area contributed by atoms with Crippen molar-refractivity contribution in [2.75, 3.05) is 11.5 Å². The van der Waals surface area contributed by atoms with E-state index in [4.69, 9.17) is 0 Å². The van der Waals surface area contributed by atoms with E-state index in [2.05, 4.69) is 10.6 Å². The Morgan fingerprint density at radius 2 is 1.69 bits per heavy atom. The lowest BCUT2D eigenvalue weighted by Gasteiger charge is -2.37. The Morgan fingerprint density at radius 3 is 2.23 bits per heavy atom. The van der Waals surface area contributed by atoms with Gasteiger partial charge in [0.25, 0.3) is 0 Å². The molecule has 0 spiro atoms. The van der Waals surface area contributed by atoms with Crippen LogP contribution in [0.4, 0.5) is 13.2 Å². The molecule has 0 radical (unpaired) electrons. The highest BCUT2D eigenvalue weighted by Gasteiger charge is 2.49. The zero-order valence-electron chi connectivity index (χ0n) is 14.2. The molecule has 1 saturated heterocycles. The number of hydrogen-bond acceptors (Lipinski definition) is 4. The summed E-state index contributed by atoms with van der Waals surface area (Å²) in [5.41, 5.74) is 0. The molecule has 0 bridgehead atoms. The number of carbonyl (C=O) groups excluding carboxylic acids is 2. The summed E-state index contributed by atoms with van der Waals surface area (Å²) in [6.07, 6.45) is -1.29. The van der Waals surface area contributed by atoms with Crippen LogP contribution in [0.3, 0.4) is 0 Å². The second-order valence-corrected chi connectivity index (χ2v) is 9.93. The first-order chi connectivity index (χ1) is 12.0. The summed E-state index contributed by atoms with van der Waals surface area (Å²) >= 11 is 0. The largest absolute Gasteiger partial charge is 0.391 e. The van der Waals surface area contributed by atoms with Gasteiger partial charge in [-0.2, -0.15) is 13.2 Å². The van der Waals surface area contributed by atoms with Crippen LogP contribution < -0.4 is 10.6 Å². The Kier molecular flexibility index (Phi) is 5.24. The van der Waals surface area contributed by atoms with Crippen LogP contribution >= 0.6 is 0 Å². The lowest BCUT2D eigenvalue weighted by Crippen LogP contribution is -2.53. The van der Waals surface area contributed by atoms with Crippen molar-refractivity contribution >= 4 is 21.7 Å². The van der Waals surface area contributed by atoms with Crippen molar-refractivity contribution in [3.05, 3.63) is 0 Å². The number of sulfone groups is 1. The summed E-state index contributed by atoms with van der Waals surface area (Å²) in [6, 6.07) is -1.41. The van der Waals surface area contributed by atoms with E-state index in [1.807, 2.05) is 0 Å². The summed E-state index contributed by atoms with van der Waals surface area (Å²) in [5.74, 6) is -3.61. The molecule has 0 aromatic heterocycles. The smallest absolute Gasteiger partial charge is 0.353 e. The lowest BCUT2D eigenvalue weighted by atomic mass is 9.79. The van der Waals surface area contributed by atoms with E-state index in [0.717, 1.165) is 19.3 Å². The molecule has 0 unspecified atom stereocenters. The van der Waals surface area contributed by atoms with Crippen LogP contribution in [0.5, 0.6) is 0 Å². The highest BCUT2D eigenvalue weighted by atomic mass is 32.2. The summed E-state index contributed by atoms with van der Waals surface area (Å²) in [5, 5.41) is 5.16. The molecular formula is C16H23F3N2O4S. The van der Waals surface area contributed by atoms with Crippen molar-refractivity contribution in [1.29, 1.82) is 0 Å². The van der Waals surface area contributed by atoms with Crippen LogP contribution in [-0.4, -0.2) is 50.0 Å². The maximum atomic E-state index is 12.5. The Hall–Kier alpha value is -1.32. The van der Waals surface area contributed by atoms with Gasteiger partial charge in [-0.3, -0.25) is 9.59 Å². The molecule has 26 heavy (non-hydrogen) atoms. The Balaban J connectivity index is 1.53. The third kappa shape index (κ3) is 4.50. The molecule has 1 aliphatic heterocycles. The van der Waals surface area contributed by atoms with Gasteiger partial charge in [-0.1, -0.05) is 6.42 Å². The number of rotatable bonds is 5. The molecule has 2 aliphatic carbocycles. The van der Waals surface area contributed by atoms with Crippen molar-refractivity contribution in [3.63, 3.8) is 0 Å². The van der Waals surface area contributed by atoms with Gasteiger partial charge < -0.3 is 10.6 Å². The molecule has 0 aromatic rings. The third-order valence-corrected chi connectivity index (χ3v) is 7.42. The van der Waals surface area contributed by atoms with Gasteiger partial charge in [-0.05, 0) is 31.6 Å². The van der Waals surface area contributed by atoms with E-state index in [1.54, 1.807) is 0 Å². The van der Waals surface area contributed by atoms with Gasteiger partial charge in [0.05, 0.1) is 29.4 Å². The molecule has 3 rings (SSSR count). The van der Waals surface area contributed by atoms with E-state index in [-0.39, 0.29) is 30.3 Å². The van der Waals surface area contributed by atoms with Gasteiger partial charge >= 0.3 is 6.18 Å². The van der Waals surface area contributed by atoms with Crippen LogP contribution in [0.25, 0.3) is 0 Å². The number of hydrogen-bond donors (Lipinski definition) is 2. The van der Waals surface area contributed by atoms with Crippen LogP contribution in [0.15, 0.2) is 0 Å². The normalized spacial score (nSPS) is 33.8. The van der Waals surface area contributed by atoms with Gasteiger partial charge in [-0.15, -0.1) is 0 Å². The Labute approximate surface area is 150 Å². The molecule has 3 fully saturated rings. The number of alkyl halides is 3. The maximum Gasteiger partial charge on any atom is 0.391 e. The van der Waals surface area contributed by atoms with Gasteiger partial charge in [0.1, 0.15) is 0 Å². The fourth-order valence-corrected chi connectivity index (χ4v) is 5.71. The first kappa shape index (κ1) is 19.4. The SMILES string of the molecule is O=C(CC1CCC1)N[C@@H]1CS(=O)(=O)C[C@H]1C(=O)NC1CC(C(F)(F)F)C1. The minimum Gasteiger partial charge on any atom is -0.353 e. The molecule has 0 aromatic carbocycles. The number of nitrogens with one attached hydrogen (secondary N) is 2. The summed E-state index contributed by atoms with van der Waals surface area (Å²) in [6.45, 7) is 0. The van der Waals surface area contributed by atoms with Crippen molar-refractivity contribution in [1.82, 2.24) is 10.6 Å². The molecule has 2 saturated carbocycles. The van der Waals surface area contributed by atoms with Crippen LogP contribution in [-0.2, 0) is 19.4 Å². The van der Waals surface area contributed by atoms with E-state index < -0.39 is 45.8 Å². The first-order valence-electron chi connectivity index (χ1n) is 8.90. The zero-order chi connectivity index (χ0) is 19.1. The molecule has 2 N–H and O–H groups in total. The van der Waals surface area contributed by atoms with Crippen LogP contribution in [0.2, 0.25) is 0 Å². The minimum absolute atomic E-state index is 0.187. The van der Waals surface area contributed by atoms with E-state index >= 15 is 0 Å². The Morgan fingerprint density at radius 1 is 1.04 bits per heavy atom. The molecule has 10 heteroatoms. The third-order valence-electron chi connectivity index (χ3n) is 5.68. The first-order valence-corrected chi connectivity index (χ1v) is 10.7. The fraction of sp³-hybridized carbons (Fsp3) is 0.875. The van der Waals surface area contributed by atoms with Crippen molar-refractivity contribution < 1.29 is 31.2 Å². The predicted molar refractivity (Wildman–Crippen MR) is 86.7 cm³/mol. The maximum absolute atomic E-state index is 12.5. The molecular weight excluding hydrogens is 373 g/mol. The van der Waals surface area contributed by atoms with Crippen molar-refractivity contribution in [2.24, 2.45) is 17.8 Å². The molecule has 3 aliphatic rings. The molecule has 2 amide bonds. The zero-order valence-corrected chi connectivity index (χ0v) is 15.0. The minimum atomic E-state index is -4.27. The van der Waals surface area contributed by atoms with Gasteiger partial charge in [0, 0.05) is 12.5 Å². The Bertz CT molecular complexity index is 669. The quantitative estimate of drug-likeness (QED) is 0.730.